The second kappa shape index (κ2) is 7.97. The molecule has 1 heterocycles. The number of carbonyl (C=O) groups excluding carboxylic acids is 2. The van der Waals surface area contributed by atoms with Gasteiger partial charge in [0.2, 0.25) is 5.91 Å². The number of nitrogens with zero attached hydrogens (tertiary/aromatic N) is 1. The fourth-order valence-electron chi connectivity index (χ4n) is 3.41. The van der Waals surface area contributed by atoms with Gasteiger partial charge < -0.3 is 5.32 Å². The predicted octanol–water partition coefficient (Wildman–Crippen LogP) is 5.33. The largest absolute Gasteiger partial charge is 0.325 e. The number of thiazole rings is 1. The second-order valence-electron chi connectivity index (χ2n) is 7.12. The molecule has 0 saturated carbocycles. The van der Waals surface area contributed by atoms with Gasteiger partial charge in [0, 0.05) is 21.2 Å². The number of hydrogen-bond acceptors (Lipinski definition) is 4. The third kappa shape index (κ3) is 4.04. The molecule has 7 heteroatoms. The summed E-state index contributed by atoms with van der Waals surface area (Å²) in [5.74, 6) is -0.605. The van der Waals surface area contributed by atoms with Crippen LogP contribution < -0.4 is 10.6 Å². The number of rotatable bonds is 4. The molecule has 1 unspecified atom stereocenters. The van der Waals surface area contributed by atoms with Crippen molar-refractivity contribution in [2.24, 2.45) is 0 Å². The highest BCUT2D eigenvalue weighted by Crippen LogP contribution is 2.39. The fourth-order valence-corrected chi connectivity index (χ4v) is 4.57. The van der Waals surface area contributed by atoms with Crippen LogP contribution in [0.1, 0.15) is 44.4 Å². The van der Waals surface area contributed by atoms with Crippen molar-refractivity contribution in [2.45, 2.75) is 32.6 Å². The number of aromatic nitrogens is 1. The molecular formula is C22H20ClN3O2S. The van der Waals surface area contributed by atoms with Crippen molar-refractivity contribution < 1.29 is 9.59 Å². The molecule has 5 nitrogen and oxygen atoms in total. The van der Waals surface area contributed by atoms with Crippen molar-refractivity contribution in [1.29, 1.82) is 0 Å². The highest BCUT2D eigenvalue weighted by atomic mass is 35.5. The molecule has 0 bridgehead atoms. The van der Waals surface area contributed by atoms with Gasteiger partial charge in [-0.2, -0.15) is 0 Å². The number of anilines is 2. The van der Waals surface area contributed by atoms with Gasteiger partial charge in [-0.25, -0.2) is 4.98 Å². The first-order valence-electron chi connectivity index (χ1n) is 9.36. The SMILES string of the molecule is Cc1cccc(NC(=O)C2CCc3sc(NC(=O)c4ccc(Cl)cc4)nc32)c1C. The molecule has 0 aliphatic heterocycles. The maximum absolute atomic E-state index is 12.9. The van der Waals surface area contributed by atoms with Gasteiger partial charge in [-0.3, -0.25) is 14.9 Å². The van der Waals surface area contributed by atoms with Crippen molar-refractivity contribution in [2.75, 3.05) is 10.6 Å². The molecule has 2 amide bonds. The number of benzene rings is 2. The van der Waals surface area contributed by atoms with E-state index < -0.39 is 0 Å². The van der Waals surface area contributed by atoms with E-state index in [9.17, 15) is 9.59 Å². The lowest BCUT2D eigenvalue weighted by molar-refractivity contribution is -0.117. The molecular weight excluding hydrogens is 406 g/mol. The van der Waals surface area contributed by atoms with E-state index in [1.165, 1.54) is 11.3 Å². The molecule has 0 saturated heterocycles. The lowest BCUT2D eigenvalue weighted by Crippen LogP contribution is -2.20. The molecule has 0 fully saturated rings. The molecule has 148 valence electrons. The van der Waals surface area contributed by atoms with E-state index in [2.05, 4.69) is 15.6 Å². The Morgan fingerprint density at radius 3 is 2.62 bits per heavy atom. The van der Waals surface area contributed by atoms with Gasteiger partial charge in [-0.05, 0) is 68.1 Å². The quantitative estimate of drug-likeness (QED) is 0.593. The first-order valence-corrected chi connectivity index (χ1v) is 10.6. The van der Waals surface area contributed by atoms with E-state index >= 15 is 0 Å². The van der Waals surface area contributed by atoms with Crippen LogP contribution in [0.4, 0.5) is 10.8 Å². The molecule has 2 N–H and O–H groups in total. The molecule has 1 aromatic heterocycles. The summed E-state index contributed by atoms with van der Waals surface area (Å²) >= 11 is 7.30. The normalized spacial score (nSPS) is 15.1. The summed E-state index contributed by atoms with van der Waals surface area (Å²) in [5.41, 5.74) is 4.30. The Morgan fingerprint density at radius 2 is 1.86 bits per heavy atom. The fraction of sp³-hybridized carbons (Fsp3) is 0.227. The Labute approximate surface area is 178 Å². The summed E-state index contributed by atoms with van der Waals surface area (Å²) in [6.07, 6.45) is 1.52. The number of aryl methyl sites for hydroxylation is 2. The van der Waals surface area contributed by atoms with E-state index in [-0.39, 0.29) is 17.7 Å². The molecule has 29 heavy (non-hydrogen) atoms. The summed E-state index contributed by atoms with van der Waals surface area (Å²) in [7, 11) is 0. The lowest BCUT2D eigenvalue weighted by atomic mass is 10.0. The van der Waals surface area contributed by atoms with Crippen LogP contribution in [0.2, 0.25) is 5.02 Å². The molecule has 4 rings (SSSR count). The van der Waals surface area contributed by atoms with Gasteiger partial charge in [-0.1, -0.05) is 23.7 Å². The molecule has 1 aliphatic carbocycles. The smallest absolute Gasteiger partial charge is 0.257 e. The monoisotopic (exact) mass is 425 g/mol. The summed E-state index contributed by atoms with van der Waals surface area (Å²) < 4.78 is 0. The summed E-state index contributed by atoms with van der Waals surface area (Å²) in [6.45, 7) is 4.02. The van der Waals surface area contributed by atoms with Crippen molar-refractivity contribution in [3.63, 3.8) is 0 Å². The number of fused-ring (bicyclic) bond motifs is 1. The van der Waals surface area contributed by atoms with E-state index in [1.54, 1.807) is 24.3 Å². The Bertz CT molecular complexity index is 1090. The van der Waals surface area contributed by atoms with E-state index in [4.69, 9.17) is 11.6 Å². The van der Waals surface area contributed by atoms with Gasteiger partial charge in [0.15, 0.2) is 5.13 Å². The number of nitrogens with one attached hydrogen (secondary N) is 2. The average Bonchev–Trinajstić information content (AvgIpc) is 3.26. The predicted molar refractivity (Wildman–Crippen MR) is 117 cm³/mol. The van der Waals surface area contributed by atoms with Crippen molar-refractivity contribution in [3.05, 3.63) is 74.7 Å². The van der Waals surface area contributed by atoms with Crippen molar-refractivity contribution in [3.8, 4) is 0 Å². The third-order valence-electron chi connectivity index (χ3n) is 5.22. The van der Waals surface area contributed by atoms with Crippen LogP contribution >= 0.6 is 22.9 Å². The second-order valence-corrected chi connectivity index (χ2v) is 8.64. The maximum Gasteiger partial charge on any atom is 0.257 e. The first-order chi connectivity index (χ1) is 13.9. The van der Waals surface area contributed by atoms with E-state index in [0.717, 1.165) is 40.2 Å². The number of hydrogen-bond donors (Lipinski definition) is 2. The molecule has 2 aromatic carbocycles. The van der Waals surface area contributed by atoms with Crippen LogP contribution in [0.15, 0.2) is 42.5 Å². The summed E-state index contributed by atoms with van der Waals surface area (Å²) in [4.78, 5) is 30.9. The van der Waals surface area contributed by atoms with Crippen LogP contribution in [0.25, 0.3) is 0 Å². The topological polar surface area (TPSA) is 71.1 Å². The molecule has 1 aliphatic rings. The number of carbonyl (C=O) groups is 2. The Balaban J connectivity index is 1.48. The highest BCUT2D eigenvalue weighted by Gasteiger charge is 2.33. The Morgan fingerprint density at radius 1 is 1.10 bits per heavy atom. The Kier molecular flexibility index (Phi) is 5.39. The van der Waals surface area contributed by atoms with Crippen LogP contribution in [0.3, 0.4) is 0 Å². The van der Waals surface area contributed by atoms with E-state index in [0.29, 0.717) is 15.7 Å². The zero-order chi connectivity index (χ0) is 20.5. The molecule has 3 aromatic rings. The number of amides is 2. The van der Waals surface area contributed by atoms with Gasteiger partial charge in [-0.15, -0.1) is 11.3 Å². The molecule has 0 spiro atoms. The maximum atomic E-state index is 12.9. The van der Waals surface area contributed by atoms with E-state index in [1.807, 2.05) is 32.0 Å². The van der Waals surface area contributed by atoms with Crippen molar-refractivity contribution >= 4 is 45.6 Å². The van der Waals surface area contributed by atoms with Gasteiger partial charge in [0.1, 0.15) is 0 Å². The zero-order valence-corrected chi connectivity index (χ0v) is 17.7. The molecule has 0 radical (unpaired) electrons. The minimum absolute atomic E-state index is 0.0571. The minimum atomic E-state index is -0.303. The van der Waals surface area contributed by atoms with Crippen LogP contribution in [-0.4, -0.2) is 16.8 Å². The first kappa shape index (κ1) is 19.6. The highest BCUT2D eigenvalue weighted by molar-refractivity contribution is 7.16. The summed E-state index contributed by atoms with van der Waals surface area (Å²) in [6, 6.07) is 12.5. The standard InChI is InChI=1S/C22H20ClN3O2S/c1-12-4-3-5-17(13(12)2)24-21(28)16-10-11-18-19(16)25-22(29-18)26-20(27)14-6-8-15(23)9-7-14/h3-9,16H,10-11H2,1-2H3,(H,24,28)(H,25,26,27). The van der Waals surface area contributed by atoms with Gasteiger partial charge in [0.05, 0.1) is 11.6 Å². The van der Waals surface area contributed by atoms with Crippen LogP contribution in [0, 0.1) is 13.8 Å². The minimum Gasteiger partial charge on any atom is -0.325 e. The van der Waals surface area contributed by atoms with Crippen LogP contribution in [-0.2, 0) is 11.2 Å². The lowest BCUT2D eigenvalue weighted by Gasteiger charge is -2.14. The Hall–Kier alpha value is -2.70. The molecule has 1 atom stereocenters. The summed E-state index contributed by atoms with van der Waals surface area (Å²) in [5, 5.41) is 6.96. The van der Waals surface area contributed by atoms with Crippen LogP contribution in [0.5, 0.6) is 0 Å². The zero-order valence-electron chi connectivity index (χ0n) is 16.1. The van der Waals surface area contributed by atoms with Crippen molar-refractivity contribution in [1.82, 2.24) is 4.98 Å². The number of halogens is 1. The van der Waals surface area contributed by atoms with Gasteiger partial charge >= 0.3 is 0 Å². The average molecular weight is 426 g/mol. The third-order valence-corrected chi connectivity index (χ3v) is 6.52. The van der Waals surface area contributed by atoms with Gasteiger partial charge in [0.25, 0.3) is 5.91 Å².